The molecule has 2 atom stereocenters. The minimum absolute atomic E-state index is 0.0205. The van der Waals surface area contributed by atoms with Gasteiger partial charge in [-0.1, -0.05) is 12.8 Å². The van der Waals surface area contributed by atoms with Crippen molar-refractivity contribution in [1.82, 2.24) is 10.2 Å². The molecule has 1 heterocycles. The lowest BCUT2D eigenvalue weighted by atomic mass is 9.91. The summed E-state index contributed by atoms with van der Waals surface area (Å²) in [4.78, 5) is 37.0. The SMILES string of the molecule is CC(=O)N[C@H](C(=O)N1CCC[C@@H](CCC(=O)O)C1)C1CCCC1. The van der Waals surface area contributed by atoms with Crippen LogP contribution in [0.15, 0.2) is 0 Å². The number of hydrogen-bond acceptors (Lipinski definition) is 3. The second-order valence-electron chi connectivity index (χ2n) is 6.95. The Balaban J connectivity index is 1.97. The Labute approximate surface area is 137 Å². The smallest absolute Gasteiger partial charge is 0.303 e. The summed E-state index contributed by atoms with van der Waals surface area (Å²) in [6.07, 6.45) is 6.89. The summed E-state index contributed by atoms with van der Waals surface area (Å²) in [6, 6.07) is -0.409. The van der Waals surface area contributed by atoms with Crippen molar-refractivity contribution in [3.8, 4) is 0 Å². The highest BCUT2D eigenvalue weighted by atomic mass is 16.4. The van der Waals surface area contributed by atoms with Gasteiger partial charge in [0.1, 0.15) is 6.04 Å². The predicted octanol–water partition coefficient (Wildman–Crippen LogP) is 1.78. The summed E-state index contributed by atoms with van der Waals surface area (Å²) < 4.78 is 0. The van der Waals surface area contributed by atoms with Crippen molar-refractivity contribution >= 4 is 17.8 Å². The van der Waals surface area contributed by atoms with Crippen LogP contribution < -0.4 is 5.32 Å². The number of likely N-dealkylation sites (tertiary alicyclic amines) is 1. The van der Waals surface area contributed by atoms with E-state index in [0.29, 0.717) is 19.5 Å². The van der Waals surface area contributed by atoms with Crippen LogP contribution in [-0.4, -0.2) is 46.9 Å². The van der Waals surface area contributed by atoms with Crippen molar-refractivity contribution < 1.29 is 19.5 Å². The van der Waals surface area contributed by atoms with Crippen LogP contribution >= 0.6 is 0 Å². The molecule has 0 aromatic rings. The molecular weight excluding hydrogens is 296 g/mol. The Morgan fingerprint density at radius 1 is 1.17 bits per heavy atom. The largest absolute Gasteiger partial charge is 0.481 e. The number of carboxylic acids is 1. The van der Waals surface area contributed by atoms with Crippen LogP contribution in [0.3, 0.4) is 0 Å². The van der Waals surface area contributed by atoms with Crippen LogP contribution in [0.1, 0.15) is 58.3 Å². The Morgan fingerprint density at radius 2 is 1.87 bits per heavy atom. The van der Waals surface area contributed by atoms with Crippen LogP contribution in [0.2, 0.25) is 0 Å². The second kappa shape index (κ2) is 8.31. The monoisotopic (exact) mass is 324 g/mol. The summed E-state index contributed by atoms with van der Waals surface area (Å²) in [6.45, 7) is 2.79. The fourth-order valence-corrected chi connectivity index (χ4v) is 3.92. The molecule has 0 bridgehead atoms. The van der Waals surface area contributed by atoms with Gasteiger partial charge >= 0.3 is 5.97 Å². The van der Waals surface area contributed by atoms with Crippen LogP contribution in [0.4, 0.5) is 0 Å². The number of carbonyl (C=O) groups excluding carboxylic acids is 2. The van der Waals surface area contributed by atoms with Gasteiger partial charge in [-0.2, -0.15) is 0 Å². The molecule has 1 aliphatic heterocycles. The van der Waals surface area contributed by atoms with Gasteiger partial charge in [0.2, 0.25) is 11.8 Å². The number of hydrogen-bond donors (Lipinski definition) is 2. The zero-order valence-electron chi connectivity index (χ0n) is 13.9. The van der Waals surface area contributed by atoms with E-state index in [9.17, 15) is 14.4 Å². The molecule has 2 N–H and O–H groups in total. The van der Waals surface area contributed by atoms with Gasteiger partial charge in [-0.05, 0) is 43.9 Å². The minimum atomic E-state index is -0.782. The van der Waals surface area contributed by atoms with Gasteiger partial charge in [0.25, 0.3) is 0 Å². The molecule has 130 valence electrons. The van der Waals surface area contributed by atoms with Crippen LogP contribution in [0.5, 0.6) is 0 Å². The molecule has 0 aromatic heterocycles. The number of aliphatic carboxylic acids is 1. The highest BCUT2D eigenvalue weighted by Crippen LogP contribution is 2.30. The van der Waals surface area contributed by atoms with E-state index >= 15 is 0 Å². The van der Waals surface area contributed by atoms with Crippen molar-refractivity contribution in [1.29, 1.82) is 0 Å². The maximum Gasteiger partial charge on any atom is 0.303 e. The van der Waals surface area contributed by atoms with Gasteiger partial charge < -0.3 is 15.3 Å². The summed E-state index contributed by atoms with van der Waals surface area (Å²) in [5.74, 6) is -0.423. The highest BCUT2D eigenvalue weighted by molar-refractivity contribution is 5.87. The number of piperidine rings is 1. The van der Waals surface area contributed by atoms with E-state index in [2.05, 4.69) is 5.32 Å². The molecule has 2 amide bonds. The molecule has 0 radical (unpaired) electrons. The number of amides is 2. The Kier molecular flexibility index (Phi) is 6.42. The Hall–Kier alpha value is -1.59. The fraction of sp³-hybridized carbons (Fsp3) is 0.824. The van der Waals surface area contributed by atoms with Crippen LogP contribution in [0.25, 0.3) is 0 Å². The molecule has 0 spiro atoms. The first-order chi connectivity index (χ1) is 11.0. The van der Waals surface area contributed by atoms with E-state index in [4.69, 9.17) is 5.11 Å². The fourth-order valence-electron chi connectivity index (χ4n) is 3.92. The van der Waals surface area contributed by atoms with Gasteiger partial charge in [-0.15, -0.1) is 0 Å². The Bertz CT molecular complexity index is 446. The van der Waals surface area contributed by atoms with Crippen molar-refractivity contribution in [3.63, 3.8) is 0 Å². The zero-order chi connectivity index (χ0) is 16.8. The zero-order valence-corrected chi connectivity index (χ0v) is 13.9. The van der Waals surface area contributed by atoms with Crippen molar-refractivity contribution in [2.75, 3.05) is 13.1 Å². The molecule has 1 saturated heterocycles. The third-order valence-electron chi connectivity index (χ3n) is 5.09. The first-order valence-corrected chi connectivity index (χ1v) is 8.75. The van der Waals surface area contributed by atoms with Crippen LogP contribution in [-0.2, 0) is 14.4 Å². The molecule has 0 aromatic carbocycles. The normalized spacial score (nSPS) is 23.5. The van der Waals surface area contributed by atoms with Crippen molar-refractivity contribution in [3.05, 3.63) is 0 Å². The van der Waals surface area contributed by atoms with Crippen LogP contribution in [0, 0.1) is 11.8 Å². The average molecular weight is 324 g/mol. The first kappa shape index (κ1) is 17.8. The molecule has 6 heteroatoms. The third-order valence-corrected chi connectivity index (χ3v) is 5.09. The van der Waals surface area contributed by atoms with Gasteiger partial charge in [0.15, 0.2) is 0 Å². The van der Waals surface area contributed by atoms with Gasteiger partial charge in [-0.3, -0.25) is 14.4 Å². The van der Waals surface area contributed by atoms with Gasteiger partial charge in [0, 0.05) is 26.4 Å². The molecule has 2 fully saturated rings. The van der Waals surface area contributed by atoms with E-state index in [1.165, 1.54) is 6.92 Å². The number of carbonyl (C=O) groups is 3. The molecule has 0 unspecified atom stereocenters. The lowest BCUT2D eigenvalue weighted by molar-refractivity contribution is -0.139. The highest BCUT2D eigenvalue weighted by Gasteiger charge is 2.35. The lowest BCUT2D eigenvalue weighted by Crippen LogP contribution is -2.53. The number of rotatable bonds is 6. The maximum atomic E-state index is 12.9. The lowest BCUT2D eigenvalue weighted by Gasteiger charge is -2.36. The van der Waals surface area contributed by atoms with Gasteiger partial charge in [-0.25, -0.2) is 0 Å². The van der Waals surface area contributed by atoms with Gasteiger partial charge in [0.05, 0.1) is 0 Å². The molecule has 23 heavy (non-hydrogen) atoms. The van der Waals surface area contributed by atoms with E-state index in [1.54, 1.807) is 0 Å². The molecule has 6 nitrogen and oxygen atoms in total. The Morgan fingerprint density at radius 3 is 2.48 bits per heavy atom. The first-order valence-electron chi connectivity index (χ1n) is 8.75. The van der Waals surface area contributed by atoms with E-state index in [-0.39, 0.29) is 30.1 Å². The third kappa shape index (κ3) is 5.22. The second-order valence-corrected chi connectivity index (χ2v) is 6.95. The molecule has 2 aliphatic rings. The molecule has 1 saturated carbocycles. The number of nitrogens with one attached hydrogen (secondary N) is 1. The molecule has 2 rings (SSSR count). The summed E-state index contributed by atoms with van der Waals surface area (Å²) >= 11 is 0. The summed E-state index contributed by atoms with van der Waals surface area (Å²) in [5, 5.41) is 11.7. The number of nitrogens with zero attached hydrogens (tertiary/aromatic N) is 1. The number of carboxylic acid groups (broad SMARTS) is 1. The summed E-state index contributed by atoms with van der Waals surface area (Å²) in [7, 11) is 0. The summed E-state index contributed by atoms with van der Waals surface area (Å²) in [5.41, 5.74) is 0. The average Bonchev–Trinajstić information content (AvgIpc) is 3.04. The van der Waals surface area contributed by atoms with E-state index < -0.39 is 12.0 Å². The van der Waals surface area contributed by atoms with E-state index in [1.807, 2.05) is 4.90 Å². The predicted molar refractivity (Wildman–Crippen MR) is 85.7 cm³/mol. The minimum Gasteiger partial charge on any atom is -0.481 e. The standard InChI is InChI=1S/C17H28N2O4/c1-12(20)18-16(14-6-2-3-7-14)17(23)19-10-4-5-13(11-19)8-9-15(21)22/h13-14,16H,2-11H2,1H3,(H,18,20)(H,21,22)/t13-,16-/m0/s1. The molecular formula is C17H28N2O4. The quantitative estimate of drug-likeness (QED) is 0.780. The topological polar surface area (TPSA) is 86.7 Å². The molecule has 1 aliphatic carbocycles. The van der Waals surface area contributed by atoms with Crippen molar-refractivity contribution in [2.24, 2.45) is 11.8 Å². The maximum absolute atomic E-state index is 12.9. The van der Waals surface area contributed by atoms with E-state index in [0.717, 1.165) is 38.5 Å². The van der Waals surface area contributed by atoms with Crippen molar-refractivity contribution in [2.45, 2.75) is 64.3 Å².